The summed E-state index contributed by atoms with van der Waals surface area (Å²) in [5, 5.41) is 0. The Labute approximate surface area is 56.4 Å². The van der Waals surface area contributed by atoms with Crippen molar-refractivity contribution in [3.8, 4) is 0 Å². The van der Waals surface area contributed by atoms with Gasteiger partial charge in [-0.05, 0) is 26.3 Å². The number of nitrogens with one attached hydrogen (secondary N) is 1. The molecule has 0 amide bonds. The molecule has 0 rings (SSSR count). The molecule has 0 saturated heterocycles. The summed E-state index contributed by atoms with van der Waals surface area (Å²) >= 11 is 0. The fourth-order valence-corrected chi connectivity index (χ4v) is 0.628. The molecule has 2 nitrogen and oxygen atoms in total. The van der Waals surface area contributed by atoms with Crippen molar-refractivity contribution in [2.75, 3.05) is 0 Å². The molecule has 0 unspecified atom stereocenters. The van der Waals surface area contributed by atoms with E-state index in [0.29, 0.717) is 0 Å². The molecule has 0 aromatic carbocycles. The maximum absolute atomic E-state index is 5.05. The third-order valence-corrected chi connectivity index (χ3v) is 0.827. The number of allylic oxidation sites excluding steroid dienone is 3. The van der Waals surface area contributed by atoms with Gasteiger partial charge in [0.15, 0.2) is 0 Å². The van der Waals surface area contributed by atoms with Crippen LogP contribution in [0.25, 0.3) is 0 Å². The van der Waals surface area contributed by atoms with Crippen LogP contribution < -0.4 is 11.3 Å². The predicted molar refractivity (Wildman–Crippen MR) is 40.5 cm³/mol. The van der Waals surface area contributed by atoms with E-state index in [1.165, 1.54) is 5.57 Å². The highest BCUT2D eigenvalue weighted by atomic mass is 15.2. The van der Waals surface area contributed by atoms with Crippen LogP contribution in [0.3, 0.4) is 0 Å². The molecule has 0 spiro atoms. The summed E-state index contributed by atoms with van der Waals surface area (Å²) in [6, 6.07) is 0. The second-order valence-corrected chi connectivity index (χ2v) is 2.28. The van der Waals surface area contributed by atoms with E-state index in [2.05, 4.69) is 11.5 Å². The summed E-state index contributed by atoms with van der Waals surface area (Å²) < 4.78 is 0. The van der Waals surface area contributed by atoms with Crippen LogP contribution in [-0.2, 0) is 0 Å². The van der Waals surface area contributed by atoms with Crippen molar-refractivity contribution in [3.05, 3.63) is 23.4 Å². The molecular formula is C7H14N2. The molecule has 3 N–H and O–H groups in total. The standard InChI is InChI=1S/C7H14N2/c1-6(2)4-7(3)5-9-8/h4-5,9H,8H2,1-3H3/b7-5-. The Balaban J connectivity index is 3.90. The molecule has 2 heteroatoms. The number of hydrogen-bond acceptors (Lipinski definition) is 2. The highest BCUT2D eigenvalue weighted by molar-refractivity contribution is 5.18. The van der Waals surface area contributed by atoms with Crippen LogP contribution in [0.2, 0.25) is 0 Å². The molecule has 0 aliphatic heterocycles. The van der Waals surface area contributed by atoms with E-state index in [0.717, 1.165) is 5.57 Å². The molecule has 0 aliphatic carbocycles. The van der Waals surface area contributed by atoms with E-state index >= 15 is 0 Å². The SMILES string of the molecule is CC(C)=C/C(C)=C\NN. The first kappa shape index (κ1) is 8.24. The molecule has 0 saturated carbocycles. The average molecular weight is 126 g/mol. The van der Waals surface area contributed by atoms with E-state index < -0.39 is 0 Å². The summed E-state index contributed by atoms with van der Waals surface area (Å²) in [6.45, 7) is 6.09. The third kappa shape index (κ3) is 5.11. The van der Waals surface area contributed by atoms with Gasteiger partial charge in [-0.1, -0.05) is 11.6 Å². The highest BCUT2D eigenvalue weighted by Crippen LogP contribution is 1.97. The molecule has 9 heavy (non-hydrogen) atoms. The van der Waals surface area contributed by atoms with Gasteiger partial charge >= 0.3 is 0 Å². The minimum Gasteiger partial charge on any atom is -0.331 e. The molecule has 0 bridgehead atoms. The van der Waals surface area contributed by atoms with Crippen LogP contribution in [0.1, 0.15) is 20.8 Å². The summed E-state index contributed by atoms with van der Waals surface area (Å²) in [6.07, 6.45) is 3.81. The minimum atomic E-state index is 1.14. The maximum atomic E-state index is 5.05. The third-order valence-electron chi connectivity index (χ3n) is 0.827. The lowest BCUT2D eigenvalue weighted by molar-refractivity contribution is 0.956. The predicted octanol–water partition coefficient (Wildman–Crippen LogP) is 1.32. The fourth-order valence-electron chi connectivity index (χ4n) is 0.628. The van der Waals surface area contributed by atoms with Gasteiger partial charge in [-0.2, -0.15) is 0 Å². The minimum absolute atomic E-state index is 1.14. The molecule has 0 heterocycles. The van der Waals surface area contributed by atoms with Crippen molar-refractivity contribution in [2.45, 2.75) is 20.8 Å². The molecular weight excluding hydrogens is 112 g/mol. The topological polar surface area (TPSA) is 38.0 Å². The van der Waals surface area contributed by atoms with E-state index in [4.69, 9.17) is 5.84 Å². The van der Waals surface area contributed by atoms with Gasteiger partial charge in [-0.3, -0.25) is 5.84 Å². The first-order valence-electron chi connectivity index (χ1n) is 2.94. The number of hydrogen-bond donors (Lipinski definition) is 2. The van der Waals surface area contributed by atoms with E-state index in [1.54, 1.807) is 6.20 Å². The average Bonchev–Trinajstić information content (AvgIpc) is 1.63. The molecule has 0 aromatic heterocycles. The molecule has 0 aromatic rings. The van der Waals surface area contributed by atoms with Crippen LogP contribution in [-0.4, -0.2) is 0 Å². The molecule has 0 aliphatic rings. The Morgan fingerprint density at radius 2 is 1.89 bits per heavy atom. The van der Waals surface area contributed by atoms with Crippen molar-refractivity contribution in [1.82, 2.24) is 5.43 Å². The lowest BCUT2D eigenvalue weighted by Crippen LogP contribution is -2.13. The quantitative estimate of drug-likeness (QED) is 0.332. The lowest BCUT2D eigenvalue weighted by Gasteiger charge is -1.92. The van der Waals surface area contributed by atoms with E-state index in [-0.39, 0.29) is 0 Å². The van der Waals surface area contributed by atoms with Gasteiger partial charge < -0.3 is 5.43 Å². The first-order valence-corrected chi connectivity index (χ1v) is 2.94. The maximum Gasteiger partial charge on any atom is 0.0152 e. The Hall–Kier alpha value is -0.760. The zero-order valence-electron chi connectivity index (χ0n) is 6.23. The van der Waals surface area contributed by atoms with Crippen LogP contribution in [0.15, 0.2) is 23.4 Å². The molecule has 0 atom stereocenters. The number of rotatable bonds is 2. The van der Waals surface area contributed by atoms with Crippen LogP contribution in [0.5, 0.6) is 0 Å². The van der Waals surface area contributed by atoms with E-state index in [1.807, 2.05) is 20.8 Å². The zero-order valence-corrected chi connectivity index (χ0v) is 6.23. The van der Waals surface area contributed by atoms with Crippen molar-refractivity contribution in [1.29, 1.82) is 0 Å². The first-order chi connectivity index (χ1) is 4.16. The van der Waals surface area contributed by atoms with Crippen molar-refractivity contribution in [2.24, 2.45) is 5.84 Å². The fraction of sp³-hybridized carbons (Fsp3) is 0.429. The monoisotopic (exact) mass is 126 g/mol. The Kier molecular flexibility index (Phi) is 3.80. The van der Waals surface area contributed by atoms with Gasteiger partial charge in [-0.25, -0.2) is 0 Å². The van der Waals surface area contributed by atoms with Gasteiger partial charge in [0.1, 0.15) is 0 Å². The van der Waals surface area contributed by atoms with Crippen LogP contribution in [0, 0.1) is 0 Å². The summed E-state index contributed by atoms with van der Waals surface area (Å²) in [5.74, 6) is 5.05. The second kappa shape index (κ2) is 4.15. The van der Waals surface area contributed by atoms with Crippen LogP contribution >= 0.6 is 0 Å². The van der Waals surface area contributed by atoms with Crippen LogP contribution in [0.4, 0.5) is 0 Å². The number of hydrazine groups is 1. The summed E-state index contributed by atoms with van der Waals surface area (Å²) in [4.78, 5) is 0. The van der Waals surface area contributed by atoms with Gasteiger partial charge in [0, 0.05) is 6.20 Å². The van der Waals surface area contributed by atoms with Gasteiger partial charge in [-0.15, -0.1) is 0 Å². The smallest absolute Gasteiger partial charge is 0.0152 e. The second-order valence-electron chi connectivity index (χ2n) is 2.28. The van der Waals surface area contributed by atoms with Crippen molar-refractivity contribution in [3.63, 3.8) is 0 Å². The Morgan fingerprint density at radius 1 is 1.33 bits per heavy atom. The summed E-state index contributed by atoms with van der Waals surface area (Å²) in [7, 11) is 0. The Bertz CT molecular complexity index is 130. The molecule has 0 fully saturated rings. The largest absolute Gasteiger partial charge is 0.331 e. The zero-order chi connectivity index (χ0) is 7.28. The lowest BCUT2D eigenvalue weighted by atomic mass is 10.2. The highest BCUT2D eigenvalue weighted by Gasteiger charge is 1.79. The van der Waals surface area contributed by atoms with Gasteiger partial charge in [0.25, 0.3) is 0 Å². The van der Waals surface area contributed by atoms with Crippen molar-refractivity contribution < 1.29 is 0 Å². The summed E-state index contributed by atoms with van der Waals surface area (Å²) in [5.41, 5.74) is 4.88. The Morgan fingerprint density at radius 3 is 2.22 bits per heavy atom. The van der Waals surface area contributed by atoms with Gasteiger partial charge in [0.2, 0.25) is 0 Å². The molecule has 0 radical (unpaired) electrons. The van der Waals surface area contributed by atoms with Gasteiger partial charge in [0.05, 0.1) is 0 Å². The number of nitrogens with two attached hydrogens (primary N) is 1. The van der Waals surface area contributed by atoms with Crippen molar-refractivity contribution >= 4 is 0 Å². The normalized spacial score (nSPS) is 10.9. The molecule has 52 valence electrons. The van der Waals surface area contributed by atoms with E-state index in [9.17, 15) is 0 Å².